The molecule has 98 valence electrons. The Morgan fingerprint density at radius 1 is 1.28 bits per heavy atom. The van der Waals surface area contributed by atoms with E-state index in [1.54, 1.807) is 12.3 Å². The van der Waals surface area contributed by atoms with Gasteiger partial charge in [-0.3, -0.25) is 9.78 Å². The molecule has 0 spiro atoms. The molecule has 0 saturated carbocycles. The molecular formula is C14H20N2O2. The zero-order chi connectivity index (χ0) is 12.8. The van der Waals surface area contributed by atoms with Gasteiger partial charge >= 0.3 is 5.97 Å². The number of aromatic nitrogens is 1. The van der Waals surface area contributed by atoms with Gasteiger partial charge in [-0.1, -0.05) is 18.9 Å². The van der Waals surface area contributed by atoms with Crippen LogP contribution in [0.15, 0.2) is 24.4 Å². The second-order valence-corrected chi connectivity index (χ2v) is 4.86. The fourth-order valence-electron chi connectivity index (χ4n) is 2.46. The van der Waals surface area contributed by atoms with Crippen LogP contribution in [0.25, 0.3) is 0 Å². The first-order valence-electron chi connectivity index (χ1n) is 6.63. The first kappa shape index (κ1) is 13.0. The summed E-state index contributed by atoms with van der Waals surface area (Å²) in [6.07, 6.45) is 6.53. The molecule has 0 radical (unpaired) electrons. The lowest BCUT2D eigenvalue weighted by Gasteiger charge is -2.23. The smallest absolute Gasteiger partial charge is 0.313 e. The van der Waals surface area contributed by atoms with Crippen molar-refractivity contribution in [3.05, 3.63) is 30.1 Å². The molecule has 2 heterocycles. The fraction of sp³-hybridized carbons (Fsp3) is 0.571. The van der Waals surface area contributed by atoms with E-state index in [1.165, 1.54) is 25.7 Å². The minimum absolute atomic E-state index is 0.510. The zero-order valence-electron chi connectivity index (χ0n) is 10.6. The fourth-order valence-corrected chi connectivity index (χ4v) is 2.46. The quantitative estimate of drug-likeness (QED) is 0.886. The molecule has 1 unspecified atom stereocenters. The van der Waals surface area contributed by atoms with E-state index in [2.05, 4.69) is 9.88 Å². The van der Waals surface area contributed by atoms with Crippen molar-refractivity contribution in [2.75, 3.05) is 19.6 Å². The number of carboxylic acids is 1. The van der Waals surface area contributed by atoms with Gasteiger partial charge in [0.15, 0.2) is 0 Å². The van der Waals surface area contributed by atoms with Crippen LogP contribution in [-0.2, 0) is 4.79 Å². The van der Waals surface area contributed by atoms with Gasteiger partial charge < -0.3 is 10.0 Å². The van der Waals surface area contributed by atoms with Gasteiger partial charge in [0.05, 0.1) is 5.69 Å². The number of hydrogen-bond donors (Lipinski definition) is 1. The summed E-state index contributed by atoms with van der Waals surface area (Å²) in [7, 11) is 0. The second-order valence-electron chi connectivity index (χ2n) is 4.86. The van der Waals surface area contributed by atoms with Crippen molar-refractivity contribution in [1.82, 2.24) is 9.88 Å². The first-order chi connectivity index (χ1) is 8.77. The highest BCUT2D eigenvalue weighted by Gasteiger charge is 2.24. The highest BCUT2D eigenvalue weighted by atomic mass is 16.4. The Hall–Kier alpha value is -1.42. The van der Waals surface area contributed by atoms with E-state index in [4.69, 9.17) is 0 Å². The van der Waals surface area contributed by atoms with Crippen LogP contribution in [0.2, 0.25) is 0 Å². The van der Waals surface area contributed by atoms with Gasteiger partial charge in [-0.25, -0.2) is 0 Å². The Bertz CT molecular complexity index is 373. The normalized spacial score (nSPS) is 19.1. The van der Waals surface area contributed by atoms with Crippen LogP contribution >= 0.6 is 0 Å². The third-order valence-electron chi connectivity index (χ3n) is 3.48. The summed E-state index contributed by atoms with van der Waals surface area (Å²) in [6.45, 7) is 2.60. The molecular weight excluding hydrogens is 228 g/mol. The van der Waals surface area contributed by atoms with E-state index in [1.807, 2.05) is 12.1 Å². The van der Waals surface area contributed by atoms with Crippen molar-refractivity contribution < 1.29 is 9.90 Å². The third-order valence-corrected chi connectivity index (χ3v) is 3.48. The van der Waals surface area contributed by atoms with Crippen LogP contribution < -0.4 is 0 Å². The van der Waals surface area contributed by atoms with E-state index < -0.39 is 11.9 Å². The molecule has 0 bridgehead atoms. The molecule has 1 aliphatic heterocycles. The van der Waals surface area contributed by atoms with Crippen LogP contribution in [-0.4, -0.2) is 40.6 Å². The number of aliphatic carboxylic acids is 1. The number of pyridine rings is 1. The van der Waals surface area contributed by atoms with Crippen molar-refractivity contribution in [1.29, 1.82) is 0 Å². The van der Waals surface area contributed by atoms with Gasteiger partial charge in [-0.05, 0) is 38.1 Å². The van der Waals surface area contributed by atoms with E-state index in [0.717, 1.165) is 13.1 Å². The minimum atomic E-state index is -0.780. The molecule has 1 fully saturated rings. The second kappa shape index (κ2) is 6.50. The molecule has 0 aromatic carbocycles. The summed E-state index contributed by atoms with van der Waals surface area (Å²) in [5.74, 6) is -1.29. The predicted octanol–water partition coefficient (Wildman–Crippen LogP) is 2.13. The Morgan fingerprint density at radius 2 is 2.00 bits per heavy atom. The molecule has 2 rings (SSSR count). The number of likely N-dealkylation sites (tertiary alicyclic amines) is 1. The molecule has 0 aliphatic carbocycles. The van der Waals surface area contributed by atoms with Crippen molar-refractivity contribution in [2.24, 2.45) is 0 Å². The summed E-state index contributed by atoms with van der Waals surface area (Å²) < 4.78 is 0. The van der Waals surface area contributed by atoms with Crippen molar-refractivity contribution >= 4 is 5.97 Å². The van der Waals surface area contributed by atoms with Crippen LogP contribution in [0, 0.1) is 0 Å². The first-order valence-corrected chi connectivity index (χ1v) is 6.63. The molecule has 1 saturated heterocycles. The van der Waals surface area contributed by atoms with Crippen LogP contribution in [0.4, 0.5) is 0 Å². The largest absolute Gasteiger partial charge is 0.481 e. The SMILES string of the molecule is O=C(O)C(CN1CCCCCC1)c1ccccn1. The molecule has 1 N–H and O–H groups in total. The maximum atomic E-state index is 11.4. The van der Waals surface area contributed by atoms with Crippen molar-refractivity contribution in [3.8, 4) is 0 Å². The summed E-state index contributed by atoms with van der Waals surface area (Å²) in [4.78, 5) is 17.8. The molecule has 1 atom stereocenters. The van der Waals surface area contributed by atoms with Crippen LogP contribution in [0.5, 0.6) is 0 Å². The molecule has 1 aromatic heterocycles. The van der Waals surface area contributed by atoms with Gasteiger partial charge in [0.1, 0.15) is 5.92 Å². The van der Waals surface area contributed by atoms with Gasteiger partial charge in [0.2, 0.25) is 0 Å². The van der Waals surface area contributed by atoms with E-state index >= 15 is 0 Å². The lowest BCUT2D eigenvalue weighted by atomic mass is 10.0. The Labute approximate surface area is 108 Å². The minimum Gasteiger partial charge on any atom is -0.481 e. The molecule has 1 aromatic rings. The summed E-state index contributed by atoms with van der Waals surface area (Å²) in [5.41, 5.74) is 0.661. The highest BCUT2D eigenvalue weighted by molar-refractivity contribution is 5.75. The number of carboxylic acid groups (broad SMARTS) is 1. The van der Waals surface area contributed by atoms with Gasteiger partial charge in [0.25, 0.3) is 0 Å². The average molecular weight is 248 g/mol. The average Bonchev–Trinajstić information content (AvgIpc) is 2.65. The zero-order valence-corrected chi connectivity index (χ0v) is 10.6. The lowest BCUT2D eigenvalue weighted by Crippen LogP contribution is -2.33. The molecule has 1 aliphatic rings. The highest BCUT2D eigenvalue weighted by Crippen LogP contribution is 2.18. The maximum absolute atomic E-state index is 11.4. The van der Waals surface area contributed by atoms with Crippen molar-refractivity contribution in [2.45, 2.75) is 31.6 Å². The topological polar surface area (TPSA) is 53.4 Å². The summed E-state index contributed by atoms with van der Waals surface area (Å²) >= 11 is 0. The number of carbonyl (C=O) groups is 1. The standard InChI is InChI=1S/C14H20N2O2/c17-14(18)12(13-7-3-4-8-15-13)11-16-9-5-1-2-6-10-16/h3-4,7-8,12H,1-2,5-6,9-11H2,(H,17,18). The van der Waals surface area contributed by atoms with E-state index in [9.17, 15) is 9.90 Å². The van der Waals surface area contributed by atoms with Crippen molar-refractivity contribution in [3.63, 3.8) is 0 Å². The monoisotopic (exact) mass is 248 g/mol. The summed E-state index contributed by atoms with van der Waals surface area (Å²) in [6, 6.07) is 5.46. The molecule has 0 amide bonds. The molecule has 4 heteroatoms. The Kier molecular flexibility index (Phi) is 4.70. The van der Waals surface area contributed by atoms with Crippen LogP contribution in [0.3, 0.4) is 0 Å². The van der Waals surface area contributed by atoms with Crippen LogP contribution in [0.1, 0.15) is 37.3 Å². The van der Waals surface area contributed by atoms with Gasteiger partial charge in [-0.15, -0.1) is 0 Å². The number of hydrogen-bond acceptors (Lipinski definition) is 3. The van der Waals surface area contributed by atoms with Gasteiger partial charge in [-0.2, -0.15) is 0 Å². The number of rotatable bonds is 4. The van der Waals surface area contributed by atoms with Gasteiger partial charge in [0, 0.05) is 12.7 Å². The Morgan fingerprint density at radius 3 is 2.56 bits per heavy atom. The predicted molar refractivity (Wildman–Crippen MR) is 69.5 cm³/mol. The van der Waals surface area contributed by atoms with E-state index in [-0.39, 0.29) is 0 Å². The molecule has 18 heavy (non-hydrogen) atoms. The summed E-state index contributed by atoms with van der Waals surface area (Å²) in [5, 5.41) is 9.36. The van der Waals surface area contributed by atoms with E-state index in [0.29, 0.717) is 12.2 Å². The number of nitrogens with zero attached hydrogens (tertiary/aromatic N) is 2. The maximum Gasteiger partial charge on any atom is 0.313 e. The Balaban J connectivity index is 2.04. The lowest BCUT2D eigenvalue weighted by molar-refractivity contribution is -0.139. The molecule has 4 nitrogen and oxygen atoms in total. The third kappa shape index (κ3) is 3.53.